The summed E-state index contributed by atoms with van der Waals surface area (Å²) in [5.74, 6) is 0.538. The third-order valence-electron chi connectivity index (χ3n) is 5.51. The lowest BCUT2D eigenvalue weighted by Crippen LogP contribution is -2.38. The number of ether oxygens (including phenoxy) is 2. The van der Waals surface area contributed by atoms with Crippen LogP contribution in [0.2, 0.25) is 5.02 Å². The van der Waals surface area contributed by atoms with Crippen LogP contribution in [0, 0.1) is 12.7 Å². The van der Waals surface area contributed by atoms with Gasteiger partial charge in [-0.2, -0.15) is 0 Å². The summed E-state index contributed by atoms with van der Waals surface area (Å²) in [6.07, 6.45) is 1.76. The number of anilines is 1. The van der Waals surface area contributed by atoms with Gasteiger partial charge in [0.1, 0.15) is 23.9 Å². The van der Waals surface area contributed by atoms with Gasteiger partial charge in [0.05, 0.1) is 29.3 Å². The molecule has 8 heteroatoms. The first-order valence-electron chi connectivity index (χ1n) is 10.3. The molecule has 3 aromatic rings. The van der Waals surface area contributed by atoms with Crippen LogP contribution in [0.5, 0.6) is 11.5 Å². The summed E-state index contributed by atoms with van der Waals surface area (Å²) in [5.41, 5.74) is 2.88. The van der Waals surface area contributed by atoms with Crippen LogP contribution < -0.4 is 13.8 Å². The molecule has 0 N–H and O–H groups in total. The molecule has 0 bridgehead atoms. The van der Waals surface area contributed by atoms with Gasteiger partial charge in [0, 0.05) is 11.6 Å². The second-order valence-electron chi connectivity index (χ2n) is 7.71. The highest BCUT2D eigenvalue weighted by atomic mass is 35.5. The zero-order valence-electron chi connectivity index (χ0n) is 18.4. The number of methoxy groups -OCH3 is 1. The van der Waals surface area contributed by atoms with Crippen LogP contribution in [0.25, 0.3) is 11.6 Å². The van der Waals surface area contributed by atoms with Crippen LogP contribution in [0.3, 0.4) is 0 Å². The van der Waals surface area contributed by atoms with Crippen LogP contribution >= 0.6 is 11.6 Å². The van der Waals surface area contributed by atoms with Crippen LogP contribution in [0.1, 0.15) is 23.6 Å². The average molecular weight is 488 g/mol. The quantitative estimate of drug-likeness (QED) is 0.418. The van der Waals surface area contributed by atoms with Gasteiger partial charge in [-0.15, -0.1) is 0 Å². The molecule has 5 nitrogen and oxygen atoms in total. The van der Waals surface area contributed by atoms with Gasteiger partial charge in [-0.05, 0) is 60.9 Å². The van der Waals surface area contributed by atoms with E-state index in [1.54, 1.807) is 55.5 Å². The minimum absolute atomic E-state index is 0.132. The second-order valence-corrected chi connectivity index (χ2v) is 9.98. The van der Waals surface area contributed by atoms with Gasteiger partial charge >= 0.3 is 0 Å². The molecule has 4 rings (SSSR count). The summed E-state index contributed by atoms with van der Waals surface area (Å²) < 4.78 is 53.7. The van der Waals surface area contributed by atoms with Crippen molar-refractivity contribution in [3.05, 3.63) is 82.1 Å². The first-order chi connectivity index (χ1) is 15.7. The molecule has 0 saturated carbocycles. The summed E-state index contributed by atoms with van der Waals surface area (Å²) in [6.45, 7) is 4.00. The average Bonchev–Trinajstić information content (AvgIpc) is 2.78. The minimum atomic E-state index is -3.86. The Morgan fingerprint density at radius 1 is 1.18 bits per heavy atom. The van der Waals surface area contributed by atoms with Crippen molar-refractivity contribution in [2.75, 3.05) is 24.6 Å². The Bertz CT molecular complexity index is 1330. The Labute approximate surface area is 198 Å². The maximum atomic E-state index is 14.3. The highest BCUT2D eigenvalue weighted by Crippen LogP contribution is 2.38. The fourth-order valence-corrected chi connectivity index (χ4v) is 5.61. The minimum Gasteiger partial charge on any atom is -0.496 e. The largest absolute Gasteiger partial charge is 0.496 e. The SMILES string of the molecule is COc1cc(S(=O)(=O)N2CCOc3ccc(/C=C(\C)c4c(F)cccc4Cl)cc32)ccc1C. The number of fused-ring (bicyclic) bond motifs is 1. The van der Waals surface area contributed by atoms with Crippen molar-refractivity contribution in [2.45, 2.75) is 18.7 Å². The monoisotopic (exact) mass is 487 g/mol. The van der Waals surface area contributed by atoms with Crippen molar-refractivity contribution < 1.29 is 22.3 Å². The van der Waals surface area contributed by atoms with E-state index >= 15 is 0 Å². The fourth-order valence-electron chi connectivity index (χ4n) is 3.83. The van der Waals surface area contributed by atoms with E-state index in [1.165, 1.54) is 23.5 Å². The van der Waals surface area contributed by atoms with Gasteiger partial charge in [-0.3, -0.25) is 4.31 Å². The van der Waals surface area contributed by atoms with Gasteiger partial charge in [-0.1, -0.05) is 35.9 Å². The summed E-state index contributed by atoms with van der Waals surface area (Å²) >= 11 is 6.19. The van der Waals surface area contributed by atoms with E-state index in [9.17, 15) is 12.8 Å². The standard InChI is InChI=1S/C25H23ClFNO4S/c1-16-7-9-19(15-24(16)31-3)33(29,30)28-11-12-32-23-10-8-18(14-22(23)28)13-17(2)25-20(26)5-4-6-21(25)27/h4-10,13-15H,11-12H2,1-3H3/b17-13+. The summed E-state index contributed by atoms with van der Waals surface area (Å²) in [6, 6.07) is 14.6. The molecule has 0 fully saturated rings. The Kier molecular flexibility index (Phi) is 6.36. The molecule has 0 radical (unpaired) electrons. The number of halogens is 2. The smallest absolute Gasteiger partial charge is 0.264 e. The summed E-state index contributed by atoms with van der Waals surface area (Å²) in [4.78, 5) is 0.132. The molecule has 0 aliphatic carbocycles. The lowest BCUT2D eigenvalue weighted by Gasteiger charge is -2.31. The van der Waals surface area contributed by atoms with Crippen LogP contribution in [-0.2, 0) is 10.0 Å². The molecule has 172 valence electrons. The topological polar surface area (TPSA) is 55.8 Å². The van der Waals surface area contributed by atoms with E-state index in [2.05, 4.69) is 0 Å². The van der Waals surface area contributed by atoms with Crippen molar-refractivity contribution >= 4 is 39.0 Å². The lowest BCUT2D eigenvalue weighted by molar-refractivity contribution is 0.316. The number of allylic oxidation sites excluding steroid dienone is 1. The van der Waals surface area contributed by atoms with E-state index in [0.29, 0.717) is 38.9 Å². The Balaban J connectivity index is 1.76. The zero-order chi connectivity index (χ0) is 23.8. The number of hydrogen-bond donors (Lipinski definition) is 0. The molecule has 0 amide bonds. The molecule has 0 atom stereocenters. The van der Waals surface area contributed by atoms with E-state index < -0.39 is 15.8 Å². The van der Waals surface area contributed by atoms with Crippen molar-refractivity contribution in [1.82, 2.24) is 0 Å². The molecule has 1 heterocycles. The van der Waals surface area contributed by atoms with Gasteiger partial charge in [-0.25, -0.2) is 12.8 Å². The van der Waals surface area contributed by atoms with Crippen molar-refractivity contribution in [2.24, 2.45) is 0 Å². The van der Waals surface area contributed by atoms with Crippen molar-refractivity contribution in [3.8, 4) is 11.5 Å². The predicted molar refractivity (Wildman–Crippen MR) is 129 cm³/mol. The van der Waals surface area contributed by atoms with Crippen LogP contribution in [0.15, 0.2) is 59.5 Å². The fraction of sp³-hybridized carbons (Fsp3) is 0.200. The Morgan fingerprint density at radius 3 is 2.70 bits per heavy atom. The zero-order valence-corrected chi connectivity index (χ0v) is 20.0. The van der Waals surface area contributed by atoms with Crippen molar-refractivity contribution in [1.29, 1.82) is 0 Å². The highest BCUT2D eigenvalue weighted by Gasteiger charge is 2.31. The van der Waals surface area contributed by atoms with Gasteiger partial charge in [0.15, 0.2) is 0 Å². The maximum Gasteiger partial charge on any atom is 0.264 e. The van der Waals surface area contributed by atoms with E-state index in [1.807, 2.05) is 6.92 Å². The predicted octanol–water partition coefficient (Wildman–Crippen LogP) is 5.94. The number of aryl methyl sites for hydroxylation is 1. The number of benzene rings is 3. The molecule has 33 heavy (non-hydrogen) atoms. The molecule has 1 aliphatic rings. The number of sulfonamides is 1. The summed E-state index contributed by atoms with van der Waals surface area (Å²) in [7, 11) is -2.36. The first-order valence-corrected chi connectivity index (χ1v) is 12.1. The molecule has 0 aromatic heterocycles. The molecular formula is C25H23ClFNO4S. The van der Waals surface area contributed by atoms with Gasteiger partial charge in [0.25, 0.3) is 10.0 Å². The van der Waals surface area contributed by atoms with Crippen molar-refractivity contribution in [3.63, 3.8) is 0 Å². The molecule has 0 saturated heterocycles. The van der Waals surface area contributed by atoms with Crippen LogP contribution in [-0.4, -0.2) is 28.7 Å². The Hall–Kier alpha value is -3.03. The lowest BCUT2D eigenvalue weighted by atomic mass is 10.0. The normalized spacial score (nSPS) is 14.0. The number of rotatable bonds is 5. The highest BCUT2D eigenvalue weighted by molar-refractivity contribution is 7.92. The van der Waals surface area contributed by atoms with Crippen LogP contribution in [0.4, 0.5) is 10.1 Å². The number of hydrogen-bond acceptors (Lipinski definition) is 4. The summed E-state index contributed by atoms with van der Waals surface area (Å²) in [5, 5.41) is 0.308. The first kappa shape index (κ1) is 23.1. The maximum absolute atomic E-state index is 14.3. The second kappa shape index (κ2) is 9.08. The Morgan fingerprint density at radius 2 is 1.97 bits per heavy atom. The molecule has 1 aliphatic heterocycles. The number of nitrogens with zero attached hydrogens (tertiary/aromatic N) is 1. The third-order valence-corrected chi connectivity index (χ3v) is 7.64. The van der Waals surface area contributed by atoms with Gasteiger partial charge in [0.2, 0.25) is 0 Å². The molecular weight excluding hydrogens is 465 g/mol. The van der Waals surface area contributed by atoms with E-state index in [-0.39, 0.29) is 18.0 Å². The van der Waals surface area contributed by atoms with E-state index in [4.69, 9.17) is 21.1 Å². The molecule has 0 unspecified atom stereocenters. The van der Waals surface area contributed by atoms with Gasteiger partial charge < -0.3 is 9.47 Å². The molecule has 3 aromatic carbocycles. The third kappa shape index (κ3) is 4.43. The van der Waals surface area contributed by atoms with E-state index in [0.717, 1.165) is 5.56 Å². The molecule has 0 spiro atoms.